The quantitative estimate of drug-likeness (QED) is 0.726. The van der Waals surface area contributed by atoms with Crippen LogP contribution in [0.2, 0.25) is 0 Å². The SMILES string of the molecule is CC(O)(C1CC1)C1(C#N)CCOCC1. The molecule has 0 spiro atoms. The van der Waals surface area contributed by atoms with Gasteiger partial charge in [0.1, 0.15) is 0 Å². The van der Waals surface area contributed by atoms with Crippen molar-refractivity contribution >= 4 is 0 Å². The number of nitrogens with zero attached hydrogens (tertiary/aromatic N) is 1. The van der Waals surface area contributed by atoms with Crippen LogP contribution in [0.3, 0.4) is 0 Å². The predicted molar refractivity (Wildman–Crippen MR) is 51.4 cm³/mol. The minimum atomic E-state index is -0.814. The lowest BCUT2D eigenvalue weighted by Gasteiger charge is -2.43. The summed E-state index contributed by atoms with van der Waals surface area (Å²) in [4.78, 5) is 0. The van der Waals surface area contributed by atoms with Crippen molar-refractivity contribution in [2.24, 2.45) is 11.3 Å². The Labute approximate surface area is 84.7 Å². The van der Waals surface area contributed by atoms with Crippen molar-refractivity contribution in [3.63, 3.8) is 0 Å². The van der Waals surface area contributed by atoms with Gasteiger partial charge in [0, 0.05) is 13.2 Å². The first-order valence-corrected chi connectivity index (χ1v) is 5.34. The Hall–Kier alpha value is -0.590. The molecular weight excluding hydrogens is 178 g/mol. The standard InChI is InChI=1S/C11H17NO2/c1-10(13,9-2-3-9)11(8-12)4-6-14-7-5-11/h9,13H,2-7H2,1H3. The lowest BCUT2D eigenvalue weighted by Crippen LogP contribution is -2.50. The van der Waals surface area contributed by atoms with E-state index in [9.17, 15) is 10.4 Å². The Balaban J connectivity index is 2.21. The predicted octanol–water partition coefficient (Wildman–Crippen LogP) is 1.47. The summed E-state index contributed by atoms with van der Waals surface area (Å²) in [6.45, 7) is 3.05. The van der Waals surface area contributed by atoms with Gasteiger partial charge in [-0.1, -0.05) is 0 Å². The third kappa shape index (κ3) is 1.34. The van der Waals surface area contributed by atoms with Crippen LogP contribution in [0.1, 0.15) is 32.6 Å². The number of ether oxygens (including phenoxy) is 1. The van der Waals surface area contributed by atoms with Crippen LogP contribution in [0, 0.1) is 22.7 Å². The second-order valence-electron chi connectivity index (χ2n) is 4.73. The van der Waals surface area contributed by atoms with Crippen molar-refractivity contribution in [2.75, 3.05) is 13.2 Å². The maximum Gasteiger partial charge on any atom is 0.0903 e. The molecule has 1 unspecified atom stereocenters. The molecule has 0 radical (unpaired) electrons. The van der Waals surface area contributed by atoms with Crippen molar-refractivity contribution < 1.29 is 9.84 Å². The normalized spacial score (nSPS) is 30.4. The minimum Gasteiger partial charge on any atom is -0.388 e. The van der Waals surface area contributed by atoms with Crippen LogP contribution in [0.4, 0.5) is 0 Å². The van der Waals surface area contributed by atoms with Crippen molar-refractivity contribution in [3.05, 3.63) is 0 Å². The molecular formula is C11H17NO2. The van der Waals surface area contributed by atoms with Gasteiger partial charge in [-0.3, -0.25) is 0 Å². The van der Waals surface area contributed by atoms with Gasteiger partial charge >= 0.3 is 0 Å². The third-order valence-electron chi connectivity index (χ3n) is 3.90. The fraction of sp³-hybridized carbons (Fsp3) is 0.909. The molecule has 2 fully saturated rings. The molecule has 1 aliphatic carbocycles. The van der Waals surface area contributed by atoms with E-state index < -0.39 is 11.0 Å². The topological polar surface area (TPSA) is 53.2 Å². The van der Waals surface area contributed by atoms with Crippen LogP contribution >= 0.6 is 0 Å². The molecule has 1 N–H and O–H groups in total. The Morgan fingerprint density at radius 2 is 2.00 bits per heavy atom. The molecule has 0 bridgehead atoms. The maximum atomic E-state index is 10.5. The molecule has 1 saturated heterocycles. The van der Waals surface area contributed by atoms with E-state index in [0.29, 0.717) is 32.0 Å². The molecule has 1 heterocycles. The zero-order chi connectivity index (χ0) is 10.2. The highest BCUT2D eigenvalue weighted by atomic mass is 16.5. The lowest BCUT2D eigenvalue weighted by atomic mass is 9.66. The molecule has 14 heavy (non-hydrogen) atoms. The molecule has 3 nitrogen and oxygen atoms in total. The van der Waals surface area contributed by atoms with Crippen molar-refractivity contribution in [3.8, 4) is 6.07 Å². The Bertz CT molecular complexity index is 257. The van der Waals surface area contributed by atoms with Gasteiger partial charge in [0.25, 0.3) is 0 Å². The first-order valence-electron chi connectivity index (χ1n) is 5.34. The highest BCUT2D eigenvalue weighted by Gasteiger charge is 2.55. The van der Waals surface area contributed by atoms with Gasteiger partial charge in [-0.05, 0) is 38.5 Å². The van der Waals surface area contributed by atoms with Gasteiger partial charge in [0.2, 0.25) is 0 Å². The molecule has 0 aromatic rings. The number of nitriles is 1. The van der Waals surface area contributed by atoms with Gasteiger partial charge < -0.3 is 9.84 Å². The van der Waals surface area contributed by atoms with Gasteiger partial charge in [0.15, 0.2) is 0 Å². The van der Waals surface area contributed by atoms with Crippen LogP contribution in [0.5, 0.6) is 0 Å². The van der Waals surface area contributed by atoms with Gasteiger partial charge in [-0.25, -0.2) is 0 Å². The zero-order valence-electron chi connectivity index (χ0n) is 8.62. The molecule has 1 saturated carbocycles. The Morgan fingerprint density at radius 1 is 1.43 bits per heavy atom. The van der Waals surface area contributed by atoms with Crippen LogP contribution in [-0.4, -0.2) is 23.9 Å². The summed E-state index contributed by atoms with van der Waals surface area (Å²) in [5, 5.41) is 19.7. The van der Waals surface area contributed by atoms with E-state index in [4.69, 9.17) is 4.74 Å². The highest BCUT2D eigenvalue weighted by Crippen LogP contribution is 2.52. The van der Waals surface area contributed by atoms with Crippen LogP contribution in [0.25, 0.3) is 0 Å². The van der Waals surface area contributed by atoms with Gasteiger partial charge in [-0.15, -0.1) is 0 Å². The molecule has 1 atom stereocenters. The molecule has 2 aliphatic rings. The lowest BCUT2D eigenvalue weighted by molar-refractivity contribution is -0.105. The largest absolute Gasteiger partial charge is 0.388 e. The number of aliphatic hydroxyl groups is 1. The average molecular weight is 195 g/mol. The fourth-order valence-corrected chi connectivity index (χ4v) is 2.49. The second kappa shape index (κ2) is 3.22. The maximum absolute atomic E-state index is 10.5. The van der Waals surface area contributed by atoms with E-state index in [0.717, 1.165) is 12.8 Å². The van der Waals surface area contributed by atoms with Gasteiger partial charge in [-0.2, -0.15) is 5.26 Å². The molecule has 0 aromatic carbocycles. The summed E-state index contributed by atoms with van der Waals surface area (Å²) in [7, 11) is 0. The number of hydrogen-bond donors (Lipinski definition) is 1. The Kier molecular flexibility index (Phi) is 2.29. The third-order valence-corrected chi connectivity index (χ3v) is 3.90. The smallest absolute Gasteiger partial charge is 0.0903 e. The summed E-state index contributed by atoms with van der Waals surface area (Å²) >= 11 is 0. The molecule has 2 rings (SSSR count). The molecule has 0 aromatic heterocycles. The second-order valence-corrected chi connectivity index (χ2v) is 4.73. The highest BCUT2D eigenvalue weighted by molar-refractivity contribution is 5.15. The molecule has 78 valence electrons. The monoisotopic (exact) mass is 195 g/mol. The van der Waals surface area contributed by atoms with E-state index in [2.05, 4.69) is 6.07 Å². The molecule has 1 aliphatic heterocycles. The van der Waals surface area contributed by atoms with E-state index in [1.54, 1.807) is 0 Å². The summed E-state index contributed by atoms with van der Waals surface area (Å²) in [5.41, 5.74) is -1.38. The van der Waals surface area contributed by atoms with Gasteiger partial charge in [0.05, 0.1) is 17.1 Å². The minimum absolute atomic E-state index is 0.334. The van der Waals surface area contributed by atoms with Crippen molar-refractivity contribution in [1.82, 2.24) is 0 Å². The Morgan fingerprint density at radius 3 is 2.43 bits per heavy atom. The van der Waals surface area contributed by atoms with E-state index in [-0.39, 0.29) is 0 Å². The molecule has 3 heteroatoms. The molecule has 0 amide bonds. The first kappa shape index (κ1) is 9.95. The van der Waals surface area contributed by atoms with E-state index in [1.807, 2.05) is 6.92 Å². The van der Waals surface area contributed by atoms with Crippen LogP contribution in [-0.2, 0) is 4.74 Å². The van der Waals surface area contributed by atoms with Crippen molar-refractivity contribution in [2.45, 2.75) is 38.2 Å². The first-order chi connectivity index (χ1) is 6.62. The summed E-state index contributed by atoms with van der Waals surface area (Å²) in [5.74, 6) is 0.334. The van der Waals surface area contributed by atoms with Crippen LogP contribution in [0.15, 0.2) is 0 Å². The number of rotatable bonds is 2. The van der Waals surface area contributed by atoms with E-state index >= 15 is 0 Å². The van der Waals surface area contributed by atoms with Crippen LogP contribution < -0.4 is 0 Å². The zero-order valence-corrected chi connectivity index (χ0v) is 8.62. The number of hydrogen-bond acceptors (Lipinski definition) is 3. The summed E-state index contributed by atoms with van der Waals surface area (Å²) < 4.78 is 5.26. The summed E-state index contributed by atoms with van der Waals surface area (Å²) in [6, 6.07) is 2.35. The van der Waals surface area contributed by atoms with E-state index in [1.165, 1.54) is 0 Å². The van der Waals surface area contributed by atoms with Crippen molar-refractivity contribution in [1.29, 1.82) is 5.26 Å². The average Bonchev–Trinajstić information content (AvgIpc) is 3.02. The fourth-order valence-electron chi connectivity index (χ4n) is 2.49. The summed E-state index contributed by atoms with van der Waals surface area (Å²) in [6.07, 6.45) is 3.48.